The van der Waals surface area contributed by atoms with Gasteiger partial charge >= 0.3 is 12.0 Å². The van der Waals surface area contributed by atoms with Crippen molar-refractivity contribution in [2.45, 2.75) is 45.1 Å². The predicted molar refractivity (Wildman–Crippen MR) is 102 cm³/mol. The molecule has 8 nitrogen and oxygen atoms in total. The Morgan fingerprint density at radius 2 is 1.82 bits per heavy atom. The number of benzene rings is 1. The van der Waals surface area contributed by atoms with Crippen LogP contribution in [-0.2, 0) is 25.5 Å². The van der Waals surface area contributed by atoms with E-state index < -0.39 is 42.5 Å². The van der Waals surface area contributed by atoms with Gasteiger partial charge in [0.05, 0.1) is 0 Å². The fourth-order valence-electron chi connectivity index (χ4n) is 3.09. The van der Waals surface area contributed by atoms with Gasteiger partial charge in [-0.15, -0.1) is 0 Å². The molecule has 8 heteroatoms. The van der Waals surface area contributed by atoms with Crippen molar-refractivity contribution in [2.24, 2.45) is 0 Å². The molecule has 152 valence electrons. The summed E-state index contributed by atoms with van der Waals surface area (Å²) in [5.74, 6) is -1.66. The second kappa shape index (κ2) is 9.87. The van der Waals surface area contributed by atoms with Crippen molar-refractivity contribution in [3.63, 3.8) is 0 Å². The predicted octanol–water partition coefficient (Wildman–Crippen LogP) is 1.39. The molecule has 1 aliphatic rings. The molecule has 1 heterocycles. The molecule has 0 saturated carbocycles. The van der Waals surface area contributed by atoms with E-state index in [1.807, 2.05) is 30.3 Å². The van der Waals surface area contributed by atoms with Crippen LogP contribution in [0, 0.1) is 0 Å². The molecule has 2 rings (SSSR count). The summed E-state index contributed by atoms with van der Waals surface area (Å²) < 4.78 is 4.89. The van der Waals surface area contributed by atoms with Crippen molar-refractivity contribution in [1.29, 1.82) is 0 Å². The Balaban J connectivity index is 1.68. The first-order valence-corrected chi connectivity index (χ1v) is 9.52. The van der Waals surface area contributed by atoms with E-state index in [0.717, 1.165) is 17.7 Å². The highest BCUT2D eigenvalue weighted by Crippen LogP contribution is 2.24. The van der Waals surface area contributed by atoms with Crippen LogP contribution in [0.2, 0.25) is 0 Å². The number of esters is 1. The maximum atomic E-state index is 12.4. The van der Waals surface area contributed by atoms with Crippen LogP contribution in [-0.4, -0.2) is 54.0 Å². The third-order valence-corrected chi connectivity index (χ3v) is 4.91. The van der Waals surface area contributed by atoms with Gasteiger partial charge in [-0.1, -0.05) is 44.2 Å². The van der Waals surface area contributed by atoms with Gasteiger partial charge in [-0.25, -0.2) is 4.79 Å². The number of rotatable bonds is 10. The minimum Gasteiger partial charge on any atom is -0.454 e. The number of aryl methyl sites for hydroxylation is 1. The molecule has 1 aromatic carbocycles. The van der Waals surface area contributed by atoms with Gasteiger partial charge in [-0.05, 0) is 31.2 Å². The van der Waals surface area contributed by atoms with Crippen molar-refractivity contribution in [2.75, 3.05) is 19.7 Å². The molecule has 1 saturated heterocycles. The number of nitrogens with one attached hydrogen (secondary N) is 2. The van der Waals surface area contributed by atoms with Crippen molar-refractivity contribution >= 4 is 23.8 Å². The highest BCUT2D eigenvalue weighted by atomic mass is 16.5. The lowest BCUT2D eigenvalue weighted by Gasteiger charge is -2.22. The summed E-state index contributed by atoms with van der Waals surface area (Å²) in [6.45, 7) is 3.11. The summed E-state index contributed by atoms with van der Waals surface area (Å²) in [6.07, 6.45) is 2.47. The first-order chi connectivity index (χ1) is 13.4. The lowest BCUT2D eigenvalue weighted by molar-refractivity contribution is -0.151. The molecule has 4 amide bonds. The van der Waals surface area contributed by atoms with Gasteiger partial charge < -0.3 is 15.4 Å². The monoisotopic (exact) mass is 389 g/mol. The number of carbonyl (C=O) groups is 4. The Hall–Kier alpha value is -2.90. The number of nitrogens with zero attached hydrogens (tertiary/aromatic N) is 1. The molecule has 0 aliphatic carbocycles. The molecule has 0 atom stereocenters. The molecule has 1 fully saturated rings. The number of ether oxygens (including phenoxy) is 1. The molecular formula is C20H27N3O5. The minimum absolute atomic E-state index is 0.421. The quantitative estimate of drug-likeness (QED) is 0.357. The van der Waals surface area contributed by atoms with E-state index in [1.165, 1.54) is 5.56 Å². The Morgan fingerprint density at radius 1 is 1.14 bits per heavy atom. The zero-order chi connectivity index (χ0) is 20.6. The lowest BCUT2D eigenvalue weighted by Crippen LogP contribution is -2.46. The number of hydrogen-bond donors (Lipinski definition) is 2. The molecule has 0 unspecified atom stereocenters. The summed E-state index contributed by atoms with van der Waals surface area (Å²) in [5, 5.41) is 5.31. The molecule has 0 spiro atoms. The standard InChI is InChI=1S/C20H27N3O5/c1-3-20(4-2)18(26)23(19(27)22-20)13-17(25)28-14-16(24)21-12-8-11-15-9-6-5-7-10-15/h5-7,9-10H,3-4,8,11-14H2,1-2H3,(H,21,24)(H,22,27). The van der Waals surface area contributed by atoms with Crippen molar-refractivity contribution in [3.05, 3.63) is 35.9 Å². The molecule has 1 aromatic rings. The molecule has 28 heavy (non-hydrogen) atoms. The zero-order valence-electron chi connectivity index (χ0n) is 16.3. The third kappa shape index (κ3) is 5.31. The molecule has 0 radical (unpaired) electrons. The fourth-order valence-corrected chi connectivity index (χ4v) is 3.09. The summed E-state index contributed by atoms with van der Waals surface area (Å²) >= 11 is 0. The van der Waals surface area contributed by atoms with Gasteiger partial charge in [0.15, 0.2) is 6.61 Å². The lowest BCUT2D eigenvalue weighted by atomic mass is 9.93. The first kappa shape index (κ1) is 21.4. The Bertz CT molecular complexity index is 716. The topological polar surface area (TPSA) is 105 Å². The van der Waals surface area contributed by atoms with Gasteiger partial charge in [0, 0.05) is 6.54 Å². The first-order valence-electron chi connectivity index (χ1n) is 9.52. The number of imide groups is 1. The third-order valence-electron chi connectivity index (χ3n) is 4.91. The Morgan fingerprint density at radius 3 is 2.43 bits per heavy atom. The second-order valence-corrected chi connectivity index (χ2v) is 6.71. The van der Waals surface area contributed by atoms with Crippen molar-refractivity contribution < 1.29 is 23.9 Å². The van der Waals surface area contributed by atoms with Gasteiger partial charge in [0.25, 0.3) is 11.8 Å². The van der Waals surface area contributed by atoms with E-state index >= 15 is 0 Å². The number of amides is 4. The number of hydrogen-bond acceptors (Lipinski definition) is 5. The van der Waals surface area contributed by atoms with Gasteiger partial charge in [-0.3, -0.25) is 19.3 Å². The van der Waals surface area contributed by atoms with Crippen LogP contribution in [0.1, 0.15) is 38.7 Å². The van der Waals surface area contributed by atoms with E-state index in [2.05, 4.69) is 10.6 Å². The highest BCUT2D eigenvalue weighted by molar-refractivity contribution is 6.08. The minimum atomic E-state index is -0.965. The highest BCUT2D eigenvalue weighted by Gasteiger charge is 2.49. The Kier molecular flexibility index (Phi) is 7.54. The summed E-state index contributed by atoms with van der Waals surface area (Å²) in [4.78, 5) is 48.9. The SMILES string of the molecule is CCC1(CC)NC(=O)N(CC(=O)OCC(=O)NCCCc2ccccc2)C1=O. The largest absolute Gasteiger partial charge is 0.454 e. The smallest absolute Gasteiger partial charge is 0.326 e. The average Bonchev–Trinajstić information content (AvgIpc) is 2.95. The van der Waals surface area contributed by atoms with Crippen LogP contribution in [0.25, 0.3) is 0 Å². The average molecular weight is 389 g/mol. The fraction of sp³-hybridized carbons (Fsp3) is 0.500. The zero-order valence-corrected chi connectivity index (χ0v) is 16.3. The van der Waals surface area contributed by atoms with E-state index in [9.17, 15) is 19.2 Å². The Labute approximate surface area is 164 Å². The summed E-state index contributed by atoms with van der Waals surface area (Å²) in [5.41, 5.74) is 0.222. The van der Waals surface area contributed by atoms with Crippen LogP contribution < -0.4 is 10.6 Å². The molecule has 1 aliphatic heterocycles. The van der Waals surface area contributed by atoms with Crippen molar-refractivity contribution in [3.8, 4) is 0 Å². The normalized spacial score (nSPS) is 15.3. The number of carbonyl (C=O) groups excluding carboxylic acids is 4. The van der Waals surface area contributed by atoms with E-state index in [4.69, 9.17) is 4.74 Å². The van der Waals surface area contributed by atoms with Gasteiger partial charge in [0.1, 0.15) is 12.1 Å². The summed E-state index contributed by atoms with van der Waals surface area (Å²) in [7, 11) is 0. The van der Waals surface area contributed by atoms with Crippen molar-refractivity contribution in [1.82, 2.24) is 15.5 Å². The molecular weight excluding hydrogens is 362 g/mol. The van der Waals surface area contributed by atoms with Gasteiger partial charge in [-0.2, -0.15) is 0 Å². The maximum absolute atomic E-state index is 12.4. The van der Waals surface area contributed by atoms with Crippen LogP contribution in [0.4, 0.5) is 4.79 Å². The van der Waals surface area contributed by atoms with Crippen LogP contribution in [0.15, 0.2) is 30.3 Å². The van der Waals surface area contributed by atoms with E-state index in [0.29, 0.717) is 19.4 Å². The van der Waals surface area contributed by atoms with Crippen LogP contribution in [0.3, 0.4) is 0 Å². The van der Waals surface area contributed by atoms with E-state index in [-0.39, 0.29) is 0 Å². The summed E-state index contributed by atoms with van der Waals surface area (Å²) in [6, 6.07) is 9.30. The van der Waals surface area contributed by atoms with Crippen LogP contribution in [0.5, 0.6) is 0 Å². The van der Waals surface area contributed by atoms with E-state index in [1.54, 1.807) is 13.8 Å². The molecule has 0 bridgehead atoms. The van der Waals surface area contributed by atoms with Crippen LogP contribution >= 0.6 is 0 Å². The molecule has 0 aromatic heterocycles. The molecule has 2 N–H and O–H groups in total. The number of urea groups is 1. The van der Waals surface area contributed by atoms with Gasteiger partial charge in [0.2, 0.25) is 0 Å². The second-order valence-electron chi connectivity index (χ2n) is 6.71. The maximum Gasteiger partial charge on any atom is 0.326 e.